The summed E-state index contributed by atoms with van der Waals surface area (Å²) in [6, 6.07) is 0. The number of anilines is 3. The van der Waals surface area contributed by atoms with E-state index in [2.05, 4.69) is 15.0 Å². The van der Waals surface area contributed by atoms with Crippen LogP contribution in [-0.2, 0) is 4.74 Å². The number of unbranched alkanes of at least 4 members (excludes halogenated alkanes) is 1. The molecule has 0 bridgehead atoms. The molecule has 12 nitrogen and oxygen atoms in total. The van der Waals surface area contributed by atoms with Gasteiger partial charge in [0.25, 0.3) is 0 Å². The second-order valence-electron chi connectivity index (χ2n) is 4.95. The zero-order valence-corrected chi connectivity index (χ0v) is 14.2. The van der Waals surface area contributed by atoms with Crippen molar-refractivity contribution in [3.8, 4) is 0 Å². The van der Waals surface area contributed by atoms with Gasteiger partial charge in [0.2, 0.25) is 17.8 Å². The first kappa shape index (κ1) is 21.2. The SMILES string of the molecule is CCCCOCN(CO)c1nc(N(CO)CO)nc(N(CO)CO)n1. The van der Waals surface area contributed by atoms with Crippen molar-refractivity contribution in [3.05, 3.63) is 0 Å². The quantitative estimate of drug-likeness (QED) is 0.191. The molecular weight excluding hydrogens is 336 g/mol. The molecule has 144 valence electrons. The first-order valence-electron chi connectivity index (χ1n) is 7.78. The Labute approximate surface area is 145 Å². The van der Waals surface area contributed by atoms with Crippen molar-refractivity contribution < 1.29 is 30.3 Å². The highest BCUT2D eigenvalue weighted by molar-refractivity contribution is 5.45. The Balaban J connectivity index is 3.12. The highest BCUT2D eigenvalue weighted by Gasteiger charge is 2.19. The fourth-order valence-corrected chi connectivity index (χ4v) is 1.69. The lowest BCUT2D eigenvalue weighted by Gasteiger charge is -2.25. The maximum Gasteiger partial charge on any atom is 0.235 e. The molecule has 25 heavy (non-hydrogen) atoms. The molecule has 12 heteroatoms. The van der Waals surface area contributed by atoms with Crippen LogP contribution in [-0.4, -0.2) is 87.5 Å². The van der Waals surface area contributed by atoms with Gasteiger partial charge >= 0.3 is 0 Å². The van der Waals surface area contributed by atoms with Gasteiger partial charge in [0, 0.05) is 6.61 Å². The molecule has 0 fully saturated rings. The summed E-state index contributed by atoms with van der Waals surface area (Å²) in [6.45, 7) is -0.187. The van der Waals surface area contributed by atoms with E-state index in [0.717, 1.165) is 22.6 Å². The minimum Gasteiger partial charge on any atom is -0.376 e. The third-order valence-corrected chi connectivity index (χ3v) is 3.19. The van der Waals surface area contributed by atoms with Gasteiger partial charge in [-0.1, -0.05) is 13.3 Å². The Morgan fingerprint density at radius 2 is 1.12 bits per heavy atom. The Morgan fingerprint density at radius 3 is 1.48 bits per heavy atom. The van der Waals surface area contributed by atoms with E-state index in [4.69, 9.17) is 4.74 Å². The van der Waals surface area contributed by atoms with Crippen LogP contribution in [0.15, 0.2) is 0 Å². The van der Waals surface area contributed by atoms with Gasteiger partial charge in [-0.05, 0) is 6.42 Å². The zero-order chi connectivity index (χ0) is 18.7. The van der Waals surface area contributed by atoms with Crippen molar-refractivity contribution in [1.29, 1.82) is 0 Å². The van der Waals surface area contributed by atoms with Crippen LogP contribution < -0.4 is 14.7 Å². The van der Waals surface area contributed by atoms with Gasteiger partial charge in [-0.2, -0.15) is 15.0 Å². The van der Waals surface area contributed by atoms with E-state index in [9.17, 15) is 25.5 Å². The first-order chi connectivity index (χ1) is 12.1. The van der Waals surface area contributed by atoms with Crippen molar-refractivity contribution in [2.24, 2.45) is 0 Å². The molecule has 1 aromatic heterocycles. The van der Waals surface area contributed by atoms with Crippen molar-refractivity contribution in [3.63, 3.8) is 0 Å². The van der Waals surface area contributed by atoms with Crippen molar-refractivity contribution >= 4 is 17.8 Å². The average Bonchev–Trinajstić information content (AvgIpc) is 2.64. The minimum atomic E-state index is -0.566. The molecular formula is C13H26N6O6. The molecule has 0 aliphatic rings. The lowest BCUT2D eigenvalue weighted by Crippen LogP contribution is -2.34. The molecule has 1 heterocycles. The number of aliphatic hydroxyl groups is 5. The number of hydrogen-bond acceptors (Lipinski definition) is 12. The van der Waals surface area contributed by atoms with E-state index < -0.39 is 33.7 Å². The molecule has 0 aliphatic carbocycles. The summed E-state index contributed by atoms with van der Waals surface area (Å²) >= 11 is 0. The first-order valence-corrected chi connectivity index (χ1v) is 7.78. The Bertz CT molecular complexity index is 458. The number of hydrogen-bond donors (Lipinski definition) is 5. The Morgan fingerprint density at radius 1 is 0.720 bits per heavy atom. The van der Waals surface area contributed by atoms with E-state index >= 15 is 0 Å². The second kappa shape index (κ2) is 11.7. The van der Waals surface area contributed by atoms with Crippen LogP contribution in [0.3, 0.4) is 0 Å². The summed E-state index contributed by atoms with van der Waals surface area (Å²) in [6.07, 6.45) is 1.82. The second-order valence-corrected chi connectivity index (χ2v) is 4.95. The van der Waals surface area contributed by atoms with Gasteiger partial charge in [0.05, 0.1) is 0 Å². The molecule has 0 amide bonds. The Kier molecular flexibility index (Phi) is 9.91. The van der Waals surface area contributed by atoms with Crippen LogP contribution in [0.2, 0.25) is 0 Å². The molecule has 0 saturated carbocycles. The van der Waals surface area contributed by atoms with E-state index in [1.807, 2.05) is 6.92 Å². The summed E-state index contributed by atoms with van der Waals surface area (Å²) in [5.41, 5.74) is 0. The summed E-state index contributed by atoms with van der Waals surface area (Å²) in [7, 11) is 0. The van der Waals surface area contributed by atoms with Crippen LogP contribution in [0.4, 0.5) is 17.8 Å². The largest absolute Gasteiger partial charge is 0.376 e. The third-order valence-electron chi connectivity index (χ3n) is 3.19. The maximum absolute atomic E-state index is 9.54. The summed E-state index contributed by atoms with van der Waals surface area (Å²) in [4.78, 5) is 15.5. The summed E-state index contributed by atoms with van der Waals surface area (Å²) in [5, 5.41) is 46.6. The molecule has 0 aliphatic heterocycles. The predicted octanol–water partition coefficient (Wildman–Crippen LogP) is -2.19. The van der Waals surface area contributed by atoms with Gasteiger partial charge in [0.1, 0.15) is 40.4 Å². The predicted molar refractivity (Wildman–Crippen MR) is 88.4 cm³/mol. The number of rotatable bonds is 13. The normalized spacial score (nSPS) is 10.8. The minimum absolute atomic E-state index is 0.00204. The van der Waals surface area contributed by atoms with Crippen LogP contribution in [0.1, 0.15) is 19.8 Å². The van der Waals surface area contributed by atoms with Gasteiger partial charge in [-0.15, -0.1) is 0 Å². The smallest absolute Gasteiger partial charge is 0.235 e. The number of nitrogens with zero attached hydrogens (tertiary/aromatic N) is 6. The zero-order valence-electron chi connectivity index (χ0n) is 14.2. The lowest BCUT2D eigenvalue weighted by molar-refractivity contribution is 0.114. The number of aliphatic hydroxyl groups excluding tert-OH is 5. The lowest BCUT2D eigenvalue weighted by atomic mass is 10.4. The molecule has 0 aromatic carbocycles. The molecule has 1 aromatic rings. The fraction of sp³-hybridized carbons (Fsp3) is 0.769. The monoisotopic (exact) mass is 362 g/mol. The van der Waals surface area contributed by atoms with E-state index in [1.54, 1.807) is 0 Å². The fourth-order valence-electron chi connectivity index (χ4n) is 1.69. The topological polar surface area (TPSA) is 159 Å². The van der Waals surface area contributed by atoms with Gasteiger partial charge in [-0.25, -0.2) is 0 Å². The number of ether oxygens (including phenoxy) is 1. The Hall–Kier alpha value is -1.83. The highest BCUT2D eigenvalue weighted by Crippen LogP contribution is 2.18. The molecule has 0 saturated heterocycles. The van der Waals surface area contributed by atoms with Gasteiger partial charge in [-0.3, -0.25) is 14.7 Å². The van der Waals surface area contributed by atoms with E-state index in [0.29, 0.717) is 6.61 Å². The van der Waals surface area contributed by atoms with Crippen molar-refractivity contribution in [1.82, 2.24) is 15.0 Å². The van der Waals surface area contributed by atoms with Crippen LogP contribution in [0.5, 0.6) is 0 Å². The van der Waals surface area contributed by atoms with Crippen LogP contribution >= 0.6 is 0 Å². The molecule has 0 unspecified atom stereocenters. The molecule has 0 atom stereocenters. The molecule has 1 rings (SSSR count). The van der Waals surface area contributed by atoms with E-state index in [-0.39, 0.29) is 24.6 Å². The van der Waals surface area contributed by atoms with Gasteiger partial charge < -0.3 is 30.3 Å². The summed E-state index contributed by atoms with van der Waals surface area (Å²) < 4.78 is 5.43. The molecule has 0 radical (unpaired) electrons. The summed E-state index contributed by atoms with van der Waals surface area (Å²) in [5.74, 6) is -0.189. The van der Waals surface area contributed by atoms with Crippen LogP contribution in [0.25, 0.3) is 0 Å². The highest BCUT2D eigenvalue weighted by atomic mass is 16.5. The number of aromatic nitrogens is 3. The van der Waals surface area contributed by atoms with Crippen molar-refractivity contribution in [2.75, 3.05) is 61.7 Å². The average molecular weight is 362 g/mol. The molecule has 0 spiro atoms. The molecule has 5 N–H and O–H groups in total. The third kappa shape index (κ3) is 6.19. The van der Waals surface area contributed by atoms with Gasteiger partial charge in [0.15, 0.2) is 0 Å². The standard InChI is InChI=1S/C13H26N6O6/c1-2-3-4-25-10-19(9-24)13-15-11(17(5-20)6-21)14-12(16-13)18(7-22)8-23/h20-24H,2-10H2,1H3. The maximum atomic E-state index is 9.54. The van der Waals surface area contributed by atoms with Crippen molar-refractivity contribution in [2.45, 2.75) is 19.8 Å². The van der Waals surface area contributed by atoms with E-state index in [1.165, 1.54) is 4.90 Å². The van der Waals surface area contributed by atoms with Crippen LogP contribution in [0, 0.1) is 0 Å².